The highest BCUT2D eigenvalue weighted by atomic mass is 16.5. The van der Waals surface area contributed by atoms with Gasteiger partial charge >= 0.3 is 0 Å². The van der Waals surface area contributed by atoms with Crippen LogP contribution in [0, 0.1) is 0 Å². The van der Waals surface area contributed by atoms with Crippen LogP contribution in [-0.2, 0) is 11.2 Å². The van der Waals surface area contributed by atoms with Gasteiger partial charge in [0.15, 0.2) is 0 Å². The minimum atomic E-state index is -0.380. The summed E-state index contributed by atoms with van der Waals surface area (Å²) in [5, 5.41) is 10.1. The molecule has 0 radical (unpaired) electrons. The van der Waals surface area contributed by atoms with Gasteiger partial charge < -0.3 is 9.84 Å². The first-order valence-electron chi connectivity index (χ1n) is 6.18. The van der Waals surface area contributed by atoms with Crippen molar-refractivity contribution in [2.45, 2.75) is 44.8 Å². The minimum absolute atomic E-state index is 0.250. The minimum Gasteiger partial charge on any atom is -0.388 e. The van der Waals surface area contributed by atoms with Gasteiger partial charge in [-0.25, -0.2) is 0 Å². The van der Waals surface area contributed by atoms with Crippen molar-refractivity contribution in [3.8, 4) is 0 Å². The first-order chi connectivity index (χ1) is 7.79. The number of rotatable bonds is 4. The highest BCUT2D eigenvalue weighted by Crippen LogP contribution is 2.25. The van der Waals surface area contributed by atoms with Crippen LogP contribution in [0.2, 0.25) is 0 Å². The Balaban J connectivity index is 1.98. The average Bonchev–Trinajstić information content (AvgIpc) is 2.82. The highest BCUT2D eigenvalue weighted by molar-refractivity contribution is 5.25. The summed E-state index contributed by atoms with van der Waals surface area (Å²) in [6, 6.07) is 8.22. The molecule has 0 spiro atoms. The molecule has 1 aromatic carbocycles. The summed E-state index contributed by atoms with van der Waals surface area (Å²) >= 11 is 0. The van der Waals surface area contributed by atoms with Gasteiger partial charge in [0.05, 0.1) is 12.2 Å². The molecule has 2 heteroatoms. The van der Waals surface area contributed by atoms with Gasteiger partial charge in [-0.2, -0.15) is 0 Å². The lowest BCUT2D eigenvalue weighted by Crippen LogP contribution is -2.11. The summed E-state index contributed by atoms with van der Waals surface area (Å²) < 4.78 is 5.54. The molecular formula is C14H20O2. The number of hydrogen-bond acceptors (Lipinski definition) is 2. The molecule has 0 bridgehead atoms. The van der Waals surface area contributed by atoms with Crippen molar-refractivity contribution in [3.05, 3.63) is 35.4 Å². The molecule has 2 rings (SSSR count). The Hall–Kier alpha value is -0.860. The van der Waals surface area contributed by atoms with E-state index >= 15 is 0 Å². The zero-order chi connectivity index (χ0) is 11.4. The zero-order valence-electron chi connectivity index (χ0n) is 9.86. The fraction of sp³-hybridized carbons (Fsp3) is 0.571. The lowest BCUT2D eigenvalue weighted by atomic mass is 9.99. The number of aliphatic hydroxyl groups excluding tert-OH is 1. The smallest absolute Gasteiger partial charge is 0.0814 e. The third kappa shape index (κ3) is 2.83. The molecule has 0 saturated carbocycles. The van der Waals surface area contributed by atoms with Crippen LogP contribution < -0.4 is 0 Å². The maximum Gasteiger partial charge on any atom is 0.0814 e. The predicted octanol–water partition coefficient (Wildman–Crippen LogP) is 2.85. The number of benzene rings is 1. The van der Waals surface area contributed by atoms with Gasteiger partial charge in [0.25, 0.3) is 0 Å². The molecule has 1 aliphatic heterocycles. The Morgan fingerprint density at radius 3 is 3.06 bits per heavy atom. The van der Waals surface area contributed by atoms with Crippen molar-refractivity contribution < 1.29 is 9.84 Å². The van der Waals surface area contributed by atoms with Gasteiger partial charge in [-0.15, -0.1) is 0 Å². The number of ether oxygens (including phenoxy) is 1. The van der Waals surface area contributed by atoms with E-state index in [4.69, 9.17) is 4.74 Å². The topological polar surface area (TPSA) is 29.5 Å². The third-order valence-corrected chi connectivity index (χ3v) is 3.25. The summed E-state index contributed by atoms with van der Waals surface area (Å²) in [5.74, 6) is 0. The SMILES string of the molecule is CCc1cccc(C(O)CC2CCCO2)c1. The standard InChI is InChI=1S/C14H20O2/c1-2-11-5-3-6-12(9-11)14(15)10-13-7-4-8-16-13/h3,5-6,9,13-15H,2,4,7-8,10H2,1H3. The van der Waals surface area contributed by atoms with Crippen LogP contribution in [0.5, 0.6) is 0 Å². The maximum absolute atomic E-state index is 10.1. The van der Waals surface area contributed by atoms with Crippen molar-refractivity contribution in [1.82, 2.24) is 0 Å². The summed E-state index contributed by atoms with van der Waals surface area (Å²) in [6.45, 7) is 2.98. The van der Waals surface area contributed by atoms with Gasteiger partial charge in [-0.1, -0.05) is 31.2 Å². The summed E-state index contributed by atoms with van der Waals surface area (Å²) in [4.78, 5) is 0. The molecule has 1 aromatic rings. The van der Waals surface area contributed by atoms with Crippen molar-refractivity contribution in [2.24, 2.45) is 0 Å². The van der Waals surface area contributed by atoms with Crippen LogP contribution in [0.15, 0.2) is 24.3 Å². The van der Waals surface area contributed by atoms with Crippen LogP contribution in [-0.4, -0.2) is 17.8 Å². The lowest BCUT2D eigenvalue weighted by molar-refractivity contribution is 0.0535. The predicted molar refractivity (Wildman–Crippen MR) is 64.4 cm³/mol. The van der Waals surface area contributed by atoms with Crippen LogP contribution in [0.3, 0.4) is 0 Å². The van der Waals surface area contributed by atoms with E-state index in [1.807, 2.05) is 12.1 Å². The second-order valence-corrected chi connectivity index (χ2v) is 4.49. The lowest BCUT2D eigenvalue weighted by Gasteiger charge is -2.16. The van der Waals surface area contributed by atoms with Crippen LogP contribution in [0.4, 0.5) is 0 Å². The van der Waals surface area contributed by atoms with Gasteiger partial charge in [0, 0.05) is 13.0 Å². The van der Waals surface area contributed by atoms with E-state index < -0.39 is 0 Å². The molecule has 1 heterocycles. The molecule has 0 aromatic heterocycles. The van der Waals surface area contributed by atoms with Crippen molar-refractivity contribution in [2.75, 3.05) is 6.61 Å². The van der Waals surface area contributed by atoms with E-state index in [0.29, 0.717) is 0 Å². The summed E-state index contributed by atoms with van der Waals surface area (Å²) in [7, 11) is 0. The number of hydrogen-bond donors (Lipinski definition) is 1. The molecule has 0 amide bonds. The van der Waals surface area contributed by atoms with Gasteiger partial charge in [-0.05, 0) is 30.4 Å². The normalized spacial score (nSPS) is 22.2. The molecule has 1 fully saturated rings. The molecule has 1 aliphatic rings. The Morgan fingerprint density at radius 2 is 2.38 bits per heavy atom. The van der Waals surface area contributed by atoms with Crippen LogP contribution in [0.25, 0.3) is 0 Å². The number of aliphatic hydroxyl groups is 1. The second kappa shape index (κ2) is 5.46. The molecular weight excluding hydrogens is 200 g/mol. The fourth-order valence-corrected chi connectivity index (χ4v) is 2.24. The van der Waals surface area contributed by atoms with Crippen molar-refractivity contribution in [1.29, 1.82) is 0 Å². The van der Waals surface area contributed by atoms with Crippen molar-refractivity contribution in [3.63, 3.8) is 0 Å². The van der Waals surface area contributed by atoms with Gasteiger partial charge in [-0.3, -0.25) is 0 Å². The largest absolute Gasteiger partial charge is 0.388 e. The molecule has 1 saturated heterocycles. The van der Waals surface area contributed by atoms with Gasteiger partial charge in [0.2, 0.25) is 0 Å². The first-order valence-corrected chi connectivity index (χ1v) is 6.18. The Bertz CT molecular complexity index is 329. The molecule has 88 valence electrons. The zero-order valence-corrected chi connectivity index (χ0v) is 9.86. The quantitative estimate of drug-likeness (QED) is 0.845. The third-order valence-electron chi connectivity index (χ3n) is 3.25. The second-order valence-electron chi connectivity index (χ2n) is 4.49. The van der Waals surface area contributed by atoms with E-state index in [0.717, 1.165) is 37.9 Å². The first kappa shape index (κ1) is 11.6. The molecule has 1 N–H and O–H groups in total. The maximum atomic E-state index is 10.1. The van der Waals surface area contributed by atoms with Crippen LogP contribution >= 0.6 is 0 Å². The number of aryl methyl sites for hydroxylation is 1. The van der Waals surface area contributed by atoms with E-state index in [2.05, 4.69) is 19.1 Å². The molecule has 16 heavy (non-hydrogen) atoms. The van der Waals surface area contributed by atoms with Gasteiger partial charge in [0.1, 0.15) is 0 Å². The Kier molecular flexibility index (Phi) is 3.97. The molecule has 2 unspecified atom stereocenters. The summed E-state index contributed by atoms with van der Waals surface area (Å²) in [5.41, 5.74) is 2.30. The Labute approximate surface area is 97.3 Å². The van der Waals surface area contributed by atoms with E-state index in [-0.39, 0.29) is 12.2 Å². The molecule has 2 atom stereocenters. The van der Waals surface area contributed by atoms with Crippen LogP contribution in [0.1, 0.15) is 43.4 Å². The highest BCUT2D eigenvalue weighted by Gasteiger charge is 2.20. The van der Waals surface area contributed by atoms with E-state index in [1.165, 1.54) is 5.56 Å². The fourth-order valence-electron chi connectivity index (χ4n) is 2.24. The monoisotopic (exact) mass is 220 g/mol. The molecule has 0 aliphatic carbocycles. The van der Waals surface area contributed by atoms with E-state index in [9.17, 15) is 5.11 Å². The summed E-state index contributed by atoms with van der Waals surface area (Å²) in [6.07, 6.45) is 3.83. The van der Waals surface area contributed by atoms with Crippen molar-refractivity contribution >= 4 is 0 Å². The average molecular weight is 220 g/mol. The molecule has 2 nitrogen and oxygen atoms in total. The van der Waals surface area contributed by atoms with E-state index in [1.54, 1.807) is 0 Å². The Morgan fingerprint density at radius 1 is 1.50 bits per heavy atom.